The van der Waals surface area contributed by atoms with Gasteiger partial charge in [0, 0.05) is 11.6 Å². The minimum atomic E-state index is -0.277. The lowest BCUT2D eigenvalue weighted by Crippen LogP contribution is -2.13. The van der Waals surface area contributed by atoms with Gasteiger partial charge in [0.15, 0.2) is 0 Å². The van der Waals surface area contributed by atoms with Gasteiger partial charge in [0.1, 0.15) is 5.82 Å². The van der Waals surface area contributed by atoms with Gasteiger partial charge in [-0.1, -0.05) is 0 Å². The molecule has 68 valence electrons. The Morgan fingerprint density at radius 1 is 1.54 bits per heavy atom. The van der Waals surface area contributed by atoms with Crippen LogP contribution in [0.3, 0.4) is 0 Å². The van der Waals surface area contributed by atoms with E-state index in [1.54, 1.807) is 13.1 Å². The zero-order valence-electron chi connectivity index (χ0n) is 7.63. The van der Waals surface area contributed by atoms with Gasteiger partial charge in [0.05, 0.1) is 11.6 Å². The Hall–Kier alpha value is -1.40. The molecule has 1 N–H and O–H groups in total. The third-order valence-corrected chi connectivity index (χ3v) is 2.02. The van der Waals surface area contributed by atoms with E-state index in [1.807, 2.05) is 13.0 Å². The molecular weight excluding hydrogens is 167 g/mol. The first-order chi connectivity index (χ1) is 6.19. The molecule has 0 aliphatic rings. The lowest BCUT2D eigenvalue weighted by molar-refractivity contribution is 0.561. The van der Waals surface area contributed by atoms with E-state index in [0.29, 0.717) is 11.1 Å². The molecule has 2 nitrogen and oxygen atoms in total. The molecular formula is C10H11FN2. The van der Waals surface area contributed by atoms with Crippen molar-refractivity contribution < 1.29 is 4.39 Å². The zero-order chi connectivity index (χ0) is 9.84. The summed E-state index contributed by atoms with van der Waals surface area (Å²) in [6, 6.07) is 6.26. The lowest BCUT2D eigenvalue weighted by Gasteiger charge is -2.11. The van der Waals surface area contributed by atoms with Crippen molar-refractivity contribution in [2.24, 2.45) is 0 Å². The Labute approximate surface area is 77.0 Å². The summed E-state index contributed by atoms with van der Waals surface area (Å²) >= 11 is 0. The van der Waals surface area contributed by atoms with E-state index >= 15 is 0 Å². The van der Waals surface area contributed by atoms with Crippen molar-refractivity contribution in [3.05, 3.63) is 35.1 Å². The van der Waals surface area contributed by atoms with Crippen molar-refractivity contribution in [3.8, 4) is 6.07 Å². The second-order valence-electron chi connectivity index (χ2n) is 2.86. The molecule has 0 spiro atoms. The third kappa shape index (κ3) is 2.04. The highest BCUT2D eigenvalue weighted by atomic mass is 19.1. The van der Waals surface area contributed by atoms with Gasteiger partial charge in [-0.3, -0.25) is 0 Å². The number of halogens is 1. The number of benzene rings is 1. The van der Waals surface area contributed by atoms with Crippen LogP contribution in [0, 0.1) is 17.1 Å². The van der Waals surface area contributed by atoms with E-state index in [4.69, 9.17) is 5.26 Å². The zero-order valence-corrected chi connectivity index (χ0v) is 7.63. The Balaban J connectivity index is 3.12. The molecule has 0 aliphatic carbocycles. The number of rotatable bonds is 2. The van der Waals surface area contributed by atoms with Crippen molar-refractivity contribution in [2.75, 3.05) is 7.05 Å². The van der Waals surface area contributed by atoms with Gasteiger partial charge in [-0.05, 0) is 32.2 Å². The molecule has 0 saturated heterocycles. The van der Waals surface area contributed by atoms with Crippen molar-refractivity contribution in [2.45, 2.75) is 13.0 Å². The fourth-order valence-electron chi connectivity index (χ4n) is 1.10. The highest BCUT2D eigenvalue weighted by Gasteiger charge is 2.09. The van der Waals surface area contributed by atoms with Gasteiger partial charge in [0.25, 0.3) is 0 Å². The molecule has 0 aromatic heterocycles. The smallest absolute Gasteiger partial charge is 0.128 e. The number of nitrogens with one attached hydrogen (secondary N) is 1. The van der Waals surface area contributed by atoms with Crippen LogP contribution in [-0.4, -0.2) is 7.05 Å². The van der Waals surface area contributed by atoms with E-state index < -0.39 is 0 Å². The van der Waals surface area contributed by atoms with Crippen molar-refractivity contribution in [1.82, 2.24) is 5.32 Å². The van der Waals surface area contributed by atoms with Crippen LogP contribution in [0.1, 0.15) is 24.1 Å². The van der Waals surface area contributed by atoms with Crippen LogP contribution in [0.5, 0.6) is 0 Å². The SMILES string of the molecule is CN[C@@H](C)c1cc(C#N)ccc1F. The average Bonchev–Trinajstić information content (AvgIpc) is 2.17. The summed E-state index contributed by atoms with van der Waals surface area (Å²) in [7, 11) is 1.75. The molecule has 1 aromatic carbocycles. The van der Waals surface area contributed by atoms with Crippen LogP contribution < -0.4 is 5.32 Å². The second-order valence-corrected chi connectivity index (χ2v) is 2.86. The van der Waals surface area contributed by atoms with Gasteiger partial charge in [-0.25, -0.2) is 4.39 Å². The second kappa shape index (κ2) is 4.01. The molecule has 0 bridgehead atoms. The van der Waals surface area contributed by atoms with E-state index in [-0.39, 0.29) is 11.9 Å². The summed E-state index contributed by atoms with van der Waals surface area (Å²) in [6.45, 7) is 1.85. The minimum absolute atomic E-state index is 0.0756. The Morgan fingerprint density at radius 2 is 2.23 bits per heavy atom. The fraction of sp³-hybridized carbons (Fsp3) is 0.300. The molecule has 0 radical (unpaired) electrons. The van der Waals surface area contributed by atoms with E-state index in [0.717, 1.165) is 0 Å². The summed E-state index contributed by atoms with van der Waals surface area (Å²) in [5, 5.41) is 11.5. The first-order valence-electron chi connectivity index (χ1n) is 4.06. The highest BCUT2D eigenvalue weighted by Crippen LogP contribution is 2.17. The van der Waals surface area contributed by atoms with Crippen LogP contribution in [0.15, 0.2) is 18.2 Å². The summed E-state index contributed by atoms with van der Waals surface area (Å²) in [4.78, 5) is 0. The summed E-state index contributed by atoms with van der Waals surface area (Å²) in [5.41, 5.74) is 1.01. The molecule has 0 fully saturated rings. The topological polar surface area (TPSA) is 35.8 Å². The average molecular weight is 178 g/mol. The molecule has 1 rings (SSSR count). The Morgan fingerprint density at radius 3 is 2.77 bits per heavy atom. The third-order valence-electron chi connectivity index (χ3n) is 2.02. The highest BCUT2D eigenvalue weighted by molar-refractivity contribution is 5.35. The molecule has 13 heavy (non-hydrogen) atoms. The maximum absolute atomic E-state index is 13.2. The maximum atomic E-state index is 13.2. The van der Waals surface area contributed by atoms with E-state index in [2.05, 4.69) is 5.32 Å². The molecule has 0 saturated carbocycles. The largest absolute Gasteiger partial charge is 0.313 e. The van der Waals surface area contributed by atoms with Crippen LogP contribution >= 0.6 is 0 Å². The molecule has 0 amide bonds. The molecule has 0 heterocycles. The Bertz CT molecular complexity index is 341. The van der Waals surface area contributed by atoms with Crippen molar-refractivity contribution >= 4 is 0 Å². The number of nitrogens with zero attached hydrogens (tertiary/aromatic N) is 1. The predicted molar refractivity (Wildman–Crippen MR) is 48.6 cm³/mol. The van der Waals surface area contributed by atoms with Crippen LogP contribution in [0.2, 0.25) is 0 Å². The van der Waals surface area contributed by atoms with Crippen molar-refractivity contribution in [1.29, 1.82) is 5.26 Å². The monoisotopic (exact) mass is 178 g/mol. The van der Waals surface area contributed by atoms with Gasteiger partial charge < -0.3 is 5.32 Å². The summed E-state index contributed by atoms with van der Waals surface area (Å²) in [6.07, 6.45) is 0. The van der Waals surface area contributed by atoms with Gasteiger partial charge in [-0.15, -0.1) is 0 Å². The van der Waals surface area contributed by atoms with Gasteiger partial charge >= 0.3 is 0 Å². The van der Waals surface area contributed by atoms with Crippen LogP contribution in [0.4, 0.5) is 4.39 Å². The minimum Gasteiger partial charge on any atom is -0.313 e. The molecule has 3 heteroatoms. The molecule has 0 aliphatic heterocycles. The first-order valence-corrected chi connectivity index (χ1v) is 4.06. The molecule has 0 unspecified atom stereocenters. The number of nitriles is 1. The summed E-state index contributed by atoms with van der Waals surface area (Å²) in [5.74, 6) is -0.277. The van der Waals surface area contributed by atoms with Gasteiger partial charge in [-0.2, -0.15) is 5.26 Å². The lowest BCUT2D eigenvalue weighted by atomic mass is 10.1. The first kappa shape index (κ1) is 9.69. The maximum Gasteiger partial charge on any atom is 0.128 e. The van der Waals surface area contributed by atoms with Crippen LogP contribution in [0.25, 0.3) is 0 Å². The predicted octanol–water partition coefficient (Wildman–Crippen LogP) is 1.98. The van der Waals surface area contributed by atoms with E-state index in [9.17, 15) is 4.39 Å². The fourth-order valence-corrected chi connectivity index (χ4v) is 1.10. The van der Waals surface area contributed by atoms with Crippen molar-refractivity contribution in [3.63, 3.8) is 0 Å². The number of hydrogen-bond donors (Lipinski definition) is 1. The molecule has 1 atom stereocenters. The summed E-state index contributed by atoms with van der Waals surface area (Å²) < 4.78 is 13.2. The standard InChI is InChI=1S/C10H11FN2/c1-7(13-2)9-5-8(6-12)3-4-10(9)11/h3-5,7,13H,1-2H3/t7-/m0/s1. The normalized spacial score (nSPS) is 12.2. The molecule has 1 aromatic rings. The number of hydrogen-bond acceptors (Lipinski definition) is 2. The van der Waals surface area contributed by atoms with Gasteiger partial charge in [0.2, 0.25) is 0 Å². The van der Waals surface area contributed by atoms with E-state index in [1.165, 1.54) is 12.1 Å². The quantitative estimate of drug-likeness (QED) is 0.751. The van der Waals surface area contributed by atoms with Crippen LogP contribution in [-0.2, 0) is 0 Å². The Kier molecular flexibility index (Phi) is 2.99.